The maximum absolute atomic E-state index is 13.8. The van der Waals surface area contributed by atoms with Gasteiger partial charge in [-0.05, 0) is 38.5 Å². The molecule has 0 radical (unpaired) electrons. The molecule has 21 heavy (non-hydrogen) atoms. The van der Waals surface area contributed by atoms with Crippen LogP contribution >= 0.6 is 0 Å². The molecule has 0 fully saturated rings. The largest absolute Gasteiger partial charge is 0.392 e. The third-order valence-electron chi connectivity index (χ3n) is 3.19. The number of rotatable bonds is 4. The predicted octanol–water partition coefficient (Wildman–Crippen LogP) is 1.77. The molecule has 3 N–H and O–H groups in total. The molecule has 0 bridgehead atoms. The van der Waals surface area contributed by atoms with Crippen molar-refractivity contribution in [2.45, 2.75) is 32.3 Å². The second-order valence-electron chi connectivity index (χ2n) is 4.77. The summed E-state index contributed by atoms with van der Waals surface area (Å²) in [7, 11) is -3.98. The zero-order valence-corrected chi connectivity index (χ0v) is 12.7. The van der Waals surface area contributed by atoms with Crippen molar-refractivity contribution in [3.05, 3.63) is 40.5 Å². The van der Waals surface area contributed by atoms with Gasteiger partial charge in [-0.3, -0.25) is 9.82 Å². The number of hydrogen-bond donors (Lipinski definition) is 3. The molecule has 0 aliphatic carbocycles. The van der Waals surface area contributed by atoms with Gasteiger partial charge in [0.15, 0.2) is 0 Å². The summed E-state index contributed by atoms with van der Waals surface area (Å²) in [6.45, 7) is 4.26. The number of sulfonamides is 1. The molecule has 0 unspecified atom stereocenters. The van der Waals surface area contributed by atoms with E-state index in [1.54, 1.807) is 13.8 Å². The molecular formula is C13H16FN3O3S. The number of aliphatic hydroxyl groups excluding tert-OH is 1. The van der Waals surface area contributed by atoms with Gasteiger partial charge < -0.3 is 5.11 Å². The molecule has 2 aromatic rings. The van der Waals surface area contributed by atoms with E-state index in [0.29, 0.717) is 17.1 Å². The van der Waals surface area contributed by atoms with E-state index in [0.717, 1.165) is 6.07 Å². The number of hydrogen-bond acceptors (Lipinski definition) is 4. The molecule has 0 atom stereocenters. The molecule has 1 heterocycles. The third kappa shape index (κ3) is 2.91. The summed E-state index contributed by atoms with van der Waals surface area (Å²) in [6, 6.07) is 2.37. The van der Waals surface area contributed by atoms with Crippen LogP contribution in [0.1, 0.15) is 22.5 Å². The van der Waals surface area contributed by atoms with Gasteiger partial charge in [-0.15, -0.1) is 0 Å². The minimum atomic E-state index is -3.98. The van der Waals surface area contributed by atoms with Crippen molar-refractivity contribution < 1.29 is 17.9 Å². The minimum absolute atomic E-state index is 0.00139. The Balaban J connectivity index is 2.52. The summed E-state index contributed by atoms with van der Waals surface area (Å²) in [6.07, 6.45) is 0. The van der Waals surface area contributed by atoms with Gasteiger partial charge in [0.25, 0.3) is 10.0 Å². The second-order valence-corrected chi connectivity index (χ2v) is 6.42. The highest BCUT2D eigenvalue weighted by atomic mass is 32.2. The molecular weight excluding hydrogens is 297 g/mol. The lowest BCUT2D eigenvalue weighted by atomic mass is 10.1. The van der Waals surface area contributed by atoms with Gasteiger partial charge in [-0.25, -0.2) is 12.8 Å². The van der Waals surface area contributed by atoms with Crippen LogP contribution in [0.4, 0.5) is 10.1 Å². The Morgan fingerprint density at radius 2 is 2.00 bits per heavy atom. The van der Waals surface area contributed by atoms with Crippen LogP contribution in [0.3, 0.4) is 0 Å². The third-order valence-corrected chi connectivity index (χ3v) is 4.67. The lowest BCUT2D eigenvalue weighted by Crippen LogP contribution is -2.16. The first kappa shape index (κ1) is 15.5. The maximum Gasteiger partial charge on any atom is 0.262 e. The Morgan fingerprint density at radius 1 is 1.33 bits per heavy atom. The summed E-state index contributed by atoms with van der Waals surface area (Å²) in [5.41, 5.74) is 1.59. The number of benzene rings is 1. The summed E-state index contributed by atoms with van der Waals surface area (Å²) in [5.74, 6) is -0.678. The van der Waals surface area contributed by atoms with E-state index < -0.39 is 22.4 Å². The molecule has 0 amide bonds. The number of aromatic amines is 1. The molecule has 1 aromatic heterocycles. The monoisotopic (exact) mass is 313 g/mol. The van der Waals surface area contributed by atoms with Crippen molar-refractivity contribution in [2.75, 3.05) is 4.72 Å². The lowest BCUT2D eigenvalue weighted by molar-refractivity contribution is 0.281. The van der Waals surface area contributed by atoms with Gasteiger partial charge in [-0.2, -0.15) is 5.10 Å². The smallest absolute Gasteiger partial charge is 0.262 e. The predicted molar refractivity (Wildman–Crippen MR) is 75.9 cm³/mol. The number of nitrogens with one attached hydrogen (secondary N) is 2. The number of aliphatic hydroxyl groups is 1. The van der Waals surface area contributed by atoms with Crippen molar-refractivity contribution in [1.82, 2.24) is 10.2 Å². The van der Waals surface area contributed by atoms with Gasteiger partial charge in [-0.1, -0.05) is 0 Å². The van der Waals surface area contributed by atoms with Gasteiger partial charge >= 0.3 is 0 Å². The van der Waals surface area contributed by atoms with Crippen LogP contribution in [0.15, 0.2) is 17.0 Å². The molecule has 0 saturated carbocycles. The maximum atomic E-state index is 13.8. The fraction of sp³-hybridized carbons (Fsp3) is 0.308. The number of aromatic nitrogens is 2. The number of halogens is 1. The van der Waals surface area contributed by atoms with E-state index in [-0.39, 0.29) is 16.0 Å². The molecule has 0 spiro atoms. The van der Waals surface area contributed by atoms with Crippen molar-refractivity contribution in [3.8, 4) is 0 Å². The Hall–Kier alpha value is -1.93. The van der Waals surface area contributed by atoms with Gasteiger partial charge in [0, 0.05) is 5.56 Å². The average Bonchev–Trinajstić information content (AvgIpc) is 2.73. The Morgan fingerprint density at radius 3 is 2.52 bits per heavy atom. The topological polar surface area (TPSA) is 95.1 Å². The first-order chi connectivity index (χ1) is 9.76. The number of anilines is 1. The molecule has 114 valence electrons. The van der Waals surface area contributed by atoms with Crippen LogP contribution in [0.5, 0.6) is 0 Å². The van der Waals surface area contributed by atoms with Crippen molar-refractivity contribution in [1.29, 1.82) is 0 Å². The van der Waals surface area contributed by atoms with E-state index in [4.69, 9.17) is 5.11 Å². The highest BCUT2D eigenvalue weighted by Gasteiger charge is 2.22. The van der Waals surface area contributed by atoms with E-state index in [9.17, 15) is 12.8 Å². The summed E-state index contributed by atoms with van der Waals surface area (Å²) in [4.78, 5) is -0.202. The van der Waals surface area contributed by atoms with Gasteiger partial charge in [0.2, 0.25) is 0 Å². The van der Waals surface area contributed by atoms with E-state index in [1.807, 2.05) is 0 Å². The fourth-order valence-corrected chi connectivity index (χ4v) is 3.45. The Bertz CT molecular complexity index is 765. The van der Waals surface area contributed by atoms with Crippen LogP contribution in [-0.2, 0) is 16.6 Å². The quantitative estimate of drug-likeness (QED) is 0.801. The van der Waals surface area contributed by atoms with Crippen LogP contribution in [-0.4, -0.2) is 23.7 Å². The molecule has 0 aliphatic heterocycles. The van der Waals surface area contributed by atoms with E-state index >= 15 is 0 Å². The van der Waals surface area contributed by atoms with Gasteiger partial charge in [0.1, 0.15) is 5.82 Å². The molecule has 0 saturated heterocycles. The second kappa shape index (κ2) is 5.45. The molecule has 1 aromatic carbocycles. The van der Waals surface area contributed by atoms with Crippen molar-refractivity contribution >= 4 is 15.7 Å². The average molecular weight is 313 g/mol. The summed E-state index contributed by atoms with van der Waals surface area (Å²) < 4.78 is 41.1. The Labute approximate surface area is 122 Å². The first-order valence-electron chi connectivity index (χ1n) is 6.20. The van der Waals surface area contributed by atoms with Crippen LogP contribution in [0.25, 0.3) is 0 Å². The first-order valence-corrected chi connectivity index (χ1v) is 7.69. The van der Waals surface area contributed by atoms with Crippen molar-refractivity contribution in [2.24, 2.45) is 0 Å². The molecule has 8 heteroatoms. The summed E-state index contributed by atoms with van der Waals surface area (Å²) in [5, 5.41) is 15.7. The van der Waals surface area contributed by atoms with Crippen LogP contribution < -0.4 is 4.72 Å². The molecule has 0 aliphatic rings. The van der Waals surface area contributed by atoms with E-state index in [1.165, 1.54) is 13.0 Å². The standard InChI is InChI=1S/C13H16FN3O3S/c1-7-11(14)4-10(6-18)5-12(7)21(19,20)17-13-8(2)15-16-9(13)3/h4-5,17-18H,6H2,1-3H3,(H,15,16). The Kier molecular flexibility index (Phi) is 4.02. The minimum Gasteiger partial charge on any atom is -0.392 e. The highest BCUT2D eigenvalue weighted by molar-refractivity contribution is 7.92. The normalized spacial score (nSPS) is 11.7. The lowest BCUT2D eigenvalue weighted by Gasteiger charge is -2.12. The zero-order chi connectivity index (χ0) is 15.8. The zero-order valence-electron chi connectivity index (χ0n) is 11.9. The van der Waals surface area contributed by atoms with Gasteiger partial charge in [0.05, 0.1) is 28.6 Å². The summed E-state index contributed by atoms with van der Waals surface area (Å²) >= 11 is 0. The molecule has 2 rings (SSSR count). The van der Waals surface area contributed by atoms with Crippen molar-refractivity contribution in [3.63, 3.8) is 0 Å². The SMILES string of the molecule is Cc1n[nH]c(C)c1NS(=O)(=O)c1cc(CO)cc(F)c1C. The number of H-pyrrole nitrogens is 1. The number of nitrogens with zero attached hydrogens (tertiary/aromatic N) is 1. The fourth-order valence-electron chi connectivity index (χ4n) is 1.97. The molecule has 6 nitrogen and oxygen atoms in total. The van der Waals surface area contributed by atoms with Crippen LogP contribution in [0, 0.1) is 26.6 Å². The number of aryl methyl sites for hydroxylation is 2. The van der Waals surface area contributed by atoms with Crippen LogP contribution in [0.2, 0.25) is 0 Å². The highest BCUT2D eigenvalue weighted by Crippen LogP contribution is 2.25. The van der Waals surface area contributed by atoms with E-state index in [2.05, 4.69) is 14.9 Å².